The fraction of sp³-hybridized carbons (Fsp3) is 0.375. The zero-order chi connectivity index (χ0) is 23.8. The van der Waals surface area contributed by atoms with Crippen molar-refractivity contribution in [3.8, 4) is 0 Å². The van der Waals surface area contributed by atoms with Crippen LogP contribution in [0.15, 0.2) is 48.5 Å². The second kappa shape index (κ2) is 12.0. The molecule has 0 aliphatic carbocycles. The predicted octanol–water partition coefficient (Wildman–Crippen LogP) is 3.75. The molecule has 2 N–H and O–H groups in total. The van der Waals surface area contributed by atoms with E-state index in [1.165, 1.54) is 24.3 Å². The van der Waals surface area contributed by atoms with Gasteiger partial charge in [-0.3, -0.25) is 14.4 Å². The molecule has 0 aromatic heterocycles. The number of halogens is 2. The number of hydrogen-bond donors (Lipinski definition) is 2. The summed E-state index contributed by atoms with van der Waals surface area (Å²) in [6.07, 6.45) is 3.67. The summed E-state index contributed by atoms with van der Waals surface area (Å²) in [5.74, 6) is -0.432. The molecule has 0 saturated carbocycles. The lowest BCUT2D eigenvalue weighted by Gasteiger charge is -2.34. The Morgan fingerprint density at radius 3 is 2.39 bits per heavy atom. The summed E-state index contributed by atoms with van der Waals surface area (Å²) in [4.78, 5) is 40.0. The molecule has 0 spiro atoms. The van der Waals surface area contributed by atoms with Crippen molar-refractivity contribution in [3.63, 3.8) is 0 Å². The van der Waals surface area contributed by atoms with E-state index in [9.17, 15) is 18.8 Å². The monoisotopic (exact) mass is 491 g/mol. The summed E-state index contributed by atoms with van der Waals surface area (Å²) in [5.41, 5.74) is 0.734. The number of thioether (sulfide) groups is 1. The van der Waals surface area contributed by atoms with Gasteiger partial charge in [0.25, 0.3) is 11.8 Å². The van der Waals surface area contributed by atoms with E-state index in [1.807, 2.05) is 6.26 Å². The molecule has 1 aliphatic rings. The van der Waals surface area contributed by atoms with Crippen LogP contribution in [0.5, 0.6) is 0 Å². The summed E-state index contributed by atoms with van der Waals surface area (Å²) in [6, 6.07) is 11.4. The number of hydrogen-bond acceptors (Lipinski definition) is 4. The Labute approximate surface area is 202 Å². The first-order valence-electron chi connectivity index (χ1n) is 10.8. The minimum absolute atomic E-state index is 0.0750. The number of piperidine rings is 1. The van der Waals surface area contributed by atoms with E-state index in [1.54, 1.807) is 40.9 Å². The van der Waals surface area contributed by atoms with Crippen LogP contribution in [-0.4, -0.2) is 59.8 Å². The first kappa shape index (κ1) is 25.1. The van der Waals surface area contributed by atoms with Gasteiger partial charge in [-0.15, -0.1) is 0 Å². The van der Waals surface area contributed by atoms with Crippen LogP contribution in [-0.2, 0) is 4.79 Å². The average molecular weight is 492 g/mol. The molecule has 1 atom stereocenters. The maximum atomic E-state index is 13.2. The van der Waals surface area contributed by atoms with Crippen LogP contribution in [0.25, 0.3) is 0 Å². The second-order valence-corrected chi connectivity index (χ2v) is 9.26. The Morgan fingerprint density at radius 2 is 1.76 bits per heavy atom. The number of rotatable bonds is 8. The van der Waals surface area contributed by atoms with Crippen molar-refractivity contribution in [2.24, 2.45) is 0 Å². The average Bonchev–Trinajstić information content (AvgIpc) is 2.82. The van der Waals surface area contributed by atoms with Crippen molar-refractivity contribution in [2.45, 2.75) is 31.3 Å². The molecular weight excluding hydrogens is 465 g/mol. The van der Waals surface area contributed by atoms with Crippen LogP contribution in [0.4, 0.5) is 4.39 Å². The van der Waals surface area contributed by atoms with E-state index in [0.717, 1.165) is 5.75 Å². The fourth-order valence-corrected chi connectivity index (χ4v) is 4.40. The predicted molar refractivity (Wildman–Crippen MR) is 129 cm³/mol. The molecule has 176 valence electrons. The topological polar surface area (TPSA) is 78.5 Å². The van der Waals surface area contributed by atoms with Crippen LogP contribution in [0.3, 0.4) is 0 Å². The molecule has 0 radical (unpaired) electrons. The molecule has 1 fully saturated rings. The van der Waals surface area contributed by atoms with Gasteiger partial charge in [0.05, 0.1) is 10.6 Å². The van der Waals surface area contributed by atoms with E-state index < -0.39 is 11.9 Å². The lowest BCUT2D eigenvalue weighted by atomic mass is 10.0. The van der Waals surface area contributed by atoms with Crippen molar-refractivity contribution in [2.75, 3.05) is 25.1 Å². The summed E-state index contributed by atoms with van der Waals surface area (Å²) in [6.45, 7) is 0.954. The third kappa shape index (κ3) is 6.95. The molecule has 2 aromatic carbocycles. The van der Waals surface area contributed by atoms with Gasteiger partial charge in [0, 0.05) is 24.7 Å². The Kier molecular flexibility index (Phi) is 9.14. The highest BCUT2D eigenvalue weighted by molar-refractivity contribution is 7.98. The molecule has 3 rings (SSSR count). The zero-order valence-electron chi connectivity index (χ0n) is 18.4. The van der Waals surface area contributed by atoms with Crippen molar-refractivity contribution in [3.05, 3.63) is 70.5 Å². The van der Waals surface area contributed by atoms with E-state index in [0.29, 0.717) is 48.5 Å². The number of nitrogens with zero attached hydrogens (tertiary/aromatic N) is 1. The Morgan fingerprint density at radius 1 is 1.09 bits per heavy atom. The summed E-state index contributed by atoms with van der Waals surface area (Å²) in [5, 5.41) is 6.13. The van der Waals surface area contributed by atoms with Crippen molar-refractivity contribution in [1.29, 1.82) is 0 Å². The van der Waals surface area contributed by atoms with Gasteiger partial charge in [-0.2, -0.15) is 11.8 Å². The first-order valence-corrected chi connectivity index (χ1v) is 12.6. The minimum Gasteiger partial charge on any atom is -0.349 e. The SMILES string of the molecule is CSCCC(NC(=O)c1ccccc1Cl)C(=O)N1CCC(NC(=O)c2ccc(F)cc2)CC1. The highest BCUT2D eigenvalue weighted by atomic mass is 35.5. The Hall–Kier alpha value is -2.58. The molecule has 9 heteroatoms. The third-order valence-electron chi connectivity index (χ3n) is 5.58. The van der Waals surface area contributed by atoms with E-state index in [4.69, 9.17) is 11.6 Å². The number of benzene rings is 2. The highest BCUT2D eigenvalue weighted by Crippen LogP contribution is 2.17. The maximum Gasteiger partial charge on any atom is 0.253 e. The highest BCUT2D eigenvalue weighted by Gasteiger charge is 2.30. The van der Waals surface area contributed by atoms with Gasteiger partial charge in [0.15, 0.2) is 0 Å². The molecule has 3 amide bonds. The first-order chi connectivity index (χ1) is 15.9. The van der Waals surface area contributed by atoms with Gasteiger partial charge in [-0.05, 0) is 67.7 Å². The van der Waals surface area contributed by atoms with Gasteiger partial charge in [0.2, 0.25) is 5.91 Å². The number of carbonyl (C=O) groups is 3. The molecular formula is C24H27ClFN3O3S. The second-order valence-electron chi connectivity index (χ2n) is 7.87. The summed E-state index contributed by atoms with van der Waals surface area (Å²) >= 11 is 7.74. The smallest absolute Gasteiger partial charge is 0.253 e. The van der Waals surface area contributed by atoms with Gasteiger partial charge in [-0.25, -0.2) is 4.39 Å². The van der Waals surface area contributed by atoms with Crippen molar-refractivity contribution >= 4 is 41.1 Å². The minimum atomic E-state index is -0.647. The normalized spacial score (nSPS) is 15.1. The van der Waals surface area contributed by atoms with Crippen LogP contribution >= 0.6 is 23.4 Å². The van der Waals surface area contributed by atoms with Gasteiger partial charge >= 0.3 is 0 Å². The molecule has 0 bridgehead atoms. The van der Waals surface area contributed by atoms with E-state index >= 15 is 0 Å². The van der Waals surface area contributed by atoms with Crippen molar-refractivity contribution in [1.82, 2.24) is 15.5 Å². The zero-order valence-corrected chi connectivity index (χ0v) is 19.9. The van der Waals surface area contributed by atoms with Gasteiger partial charge in [0.1, 0.15) is 11.9 Å². The number of amides is 3. The van der Waals surface area contributed by atoms with Crippen LogP contribution in [0, 0.1) is 5.82 Å². The lowest BCUT2D eigenvalue weighted by molar-refractivity contribution is -0.134. The Balaban J connectivity index is 1.56. The molecule has 1 heterocycles. The third-order valence-corrected chi connectivity index (χ3v) is 6.55. The standard InChI is InChI=1S/C24H27ClFN3O3S/c1-33-15-12-21(28-23(31)19-4-2-3-5-20(19)25)24(32)29-13-10-18(11-14-29)27-22(30)16-6-8-17(26)9-7-16/h2-9,18,21H,10-15H2,1H3,(H,27,30)(H,28,31). The summed E-state index contributed by atoms with van der Waals surface area (Å²) in [7, 11) is 0. The van der Waals surface area contributed by atoms with Gasteiger partial charge in [-0.1, -0.05) is 23.7 Å². The molecule has 2 aromatic rings. The van der Waals surface area contributed by atoms with Crippen molar-refractivity contribution < 1.29 is 18.8 Å². The summed E-state index contributed by atoms with van der Waals surface area (Å²) < 4.78 is 13.1. The molecule has 33 heavy (non-hydrogen) atoms. The fourth-order valence-electron chi connectivity index (χ4n) is 3.71. The quantitative estimate of drug-likeness (QED) is 0.589. The number of nitrogens with one attached hydrogen (secondary N) is 2. The number of carbonyl (C=O) groups excluding carboxylic acids is 3. The van der Waals surface area contributed by atoms with Crippen LogP contribution in [0.1, 0.15) is 40.0 Å². The Bertz CT molecular complexity index is 981. The van der Waals surface area contributed by atoms with Gasteiger partial charge < -0.3 is 15.5 Å². The lowest BCUT2D eigenvalue weighted by Crippen LogP contribution is -2.53. The largest absolute Gasteiger partial charge is 0.349 e. The maximum absolute atomic E-state index is 13.2. The van der Waals surface area contributed by atoms with E-state index in [2.05, 4.69) is 10.6 Å². The van der Waals surface area contributed by atoms with Crippen LogP contribution < -0.4 is 10.6 Å². The molecule has 1 aliphatic heterocycles. The molecule has 1 saturated heterocycles. The number of likely N-dealkylation sites (tertiary alicyclic amines) is 1. The van der Waals surface area contributed by atoms with Crippen LogP contribution in [0.2, 0.25) is 5.02 Å². The molecule has 1 unspecified atom stereocenters. The van der Waals surface area contributed by atoms with E-state index in [-0.39, 0.29) is 23.8 Å². The molecule has 6 nitrogen and oxygen atoms in total.